The van der Waals surface area contributed by atoms with Gasteiger partial charge in [-0.2, -0.15) is 0 Å². The van der Waals surface area contributed by atoms with Crippen LogP contribution < -0.4 is 15.5 Å². The largest absolute Gasteiger partial charge is 0.368 e. The topological polar surface area (TPSA) is 119 Å². The molecule has 3 amide bonds. The molecule has 4 rings (SSSR count). The van der Waals surface area contributed by atoms with Crippen LogP contribution in [0, 0.1) is 0 Å². The Kier molecular flexibility index (Phi) is 7.90. The number of aliphatic hydroxyl groups is 2. The monoisotopic (exact) mass is 503 g/mol. The number of aryl methyl sites for hydroxylation is 1. The van der Waals surface area contributed by atoms with Crippen molar-refractivity contribution in [1.82, 2.24) is 10.6 Å². The number of para-hydroxylation sites is 1. The molecule has 1 heterocycles. The maximum atomic E-state index is 13.8. The normalized spacial score (nSPS) is 16.4. The Bertz CT molecular complexity index is 1320. The summed E-state index contributed by atoms with van der Waals surface area (Å²) in [5.41, 5.74) is 3.00. The number of hydrogen-bond donors (Lipinski definition) is 4. The molecular weight excluding hydrogens is 470 g/mol. The first-order valence-corrected chi connectivity index (χ1v) is 12.6. The van der Waals surface area contributed by atoms with Crippen LogP contribution in [-0.4, -0.2) is 52.4 Å². The van der Waals surface area contributed by atoms with E-state index in [1.165, 1.54) is 4.90 Å². The van der Waals surface area contributed by atoms with Gasteiger partial charge in [0.1, 0.15) is 12.1 Å². The van der Waals surface area contributed by atoms with Gasteiger partial charge in [0.25, 0.3) is 5.91 Å². The minimum absolute atomic E-state index is 0.0307. The van der Waals surface area contributed by atoms with E-state index in [4.69, 9.17) is 0 Å². The molecule has 1 aliphatic heterocycles. The molecule has 8 heteroatoms. The van der Waals surface area contributed by atoms with E-state index in [0.717, 1.165) is 21.9 Å². The molecular formula is C29H33N3O5. The average Bonchev–Trinajstić information content (AvgIpc) is 3.27. The number of rotatable bonds is 8. The van der Waals surface area contributed by atoms with Gasteiger partial charge in [-0.3, -0.25) is 19.3 Å². The maximum absolute atomic E-state index is 13.8. The molecule has 0 fully saturated rings. The van der Waals surface area contributed by atoms with Gasteiger partial charge in [0.15, 0.2) is 6.29 Å². The van der Waals surface area contributed by atoms with Gasteiger partial charge in [-0.15, -0.1) is 0 Å². The molecule has 0 saturated heterocycles. The molecule has 2 unspecified atom stereocenters. The third-order valence-electron chi connectivity index (χ3n) is 6.80. The Balaban J connectivity index is 1.61. The maximum Gasteiger partial charge on any atom is 0.252 e. The number of carbonyl (C=O) groups is 3. The van der Waals surface area contributed by atoms with Gasteiger partial charge < -0.3 is 20.8 Å². The van der Waals surface area contributed by atoms with Gasteiger partial charge in [0.2, 0.25) is 11.8 Å². The van der Waals surface area contributed by atoms with E-state index in [-0.39, 0.29) is 24.1 Å². The van der Waals surface area contributed by atoms with Crippen molar-refractivity contribution < 1.29 is 24.6 Å². The van der Waals surface area contributed by atoms with Crippen LogP contribution in [-0.2, 0) is 22.4 Å². The minimum atomic E-state index is -1.55. The van der Waals surface area contributed by atoms with E-state index in [1.807, 2.05) is 55.5 Å². The summed E-state index contributed by atoms with van der Waals surface area (Å²) < 4.78 is 0. The number of nitrogens with zero attached hydrogens (tertiary/aromatic N) is 1. The highest BCUT2D eigenvalue weighted by atomic mass is 16.5. The first kappa shape index (κ1) is 26.3. The lowest BCUT2D eigenvalue weighted by molar-refractivity contribution is -0.127. The predicted molar refractivity (Wildman–Crippen MR) is 142 cm³/mol. The van der Waals surface area contributed by atoms with Crippen LogP contribution in [0.15, 0.2) is 60.7 Å². The zero-order valence-electron chi connectivity index (χ0n) is 21.3. The summed E-state index contributed by atoms with van der Waals surface area (Å²) in [7, 11) is 0. The lowest BCUT2D eigenvalue weighted by Crippen LogP contribution is -2.55. The van der Waals surface area contributed by atoms with Crippen molar-refractivity contribution >= 4 is 34.2 Å². The van der Waals surface area contributed by atoms with Crippen LogP contribution in [0.4, 0.5) is 5.69 Å². The molecule has 3 atom stereocenters. The zero-order valence-corrected chi connectivity index (χ0v) is 21.3. The van der Waals surface area contributed by atoms with E-state index in [9.17, 15) is 24.6 Å². The SMILES string of the molecule is CCc1cccc2c1N(C(=O)C(C)NC(=O)c1cccc3ccccc13)C(C(=O)N[C@H](C)CC(O)O)C2. The molecule has 0 saturated carbocycles. The van der Waals surface area contributed by atoms with Gasteiger partial charge in [-0.25, -0.2) is 0 Å². The smallest absolute Gasteiger partial charge is 0.252 e. The van der Waals surface area contributed by atoms with Gasteiger partial charge in [0.05, 0.1) is 5.69 Å². The van der Waals surface area contributed by atoms with Gasteiger partial charge in [0, 0.05) is 24.4 Å². The van der Waals surface area contributed by atoms with Crippen LogP contribution in [0.5, 0.6) is 0 Å². The molecule has 0 bridgehead atoms. The molecule has 3 aromatic carbocycles. The molecule has 194 valence electrons. The average molecular weight is 504 g/mol. The van der Waals surface area contributed by atoms with Crippen molar-refractivity contribution in [1.29, 1.82) is 0 Å². The van der Waals surface area contributed by atoms with Crippen molar-refractivity contribution in [2.75, 3.05) is 4.90 Å². The molecule has 4 N–H and O–H groups in total. The van der Waals surface area contributed by atoms with E-state index >= 15 is 0 Å². The summed E-state index contributed by atoms with van der Waals surface area (Å²) in [6.45, 7) is 5.29. The first-order chi connectivity index (χ1) is 17.7. The van der Waals surface area contributed by atoms with Crippen molar-refractivity contribution in [3.8, 4) is 0 Å². The van der Waals surface area contributed by atoms with Crippen molar-refractivity contribution in [2.45, 2.75) is 64.4 Å². The number of benzene rings is 3. The van der Waals surface area contributed by atoms with Crippen molar-refractivity contribution in [3.63, 3.8) is 0 Å². The summed E-state index contributed by atoms with van der Waals surface area (Å²) in [6, 6.07) is 16.6. The van der Waals surface area contributed by atoms with E-state index in [2.05, 4.69) is 10.6 Å². The molecule has 0 aliphatic carbocycles. The summed E-state index contributed by atoms with van der Waals surface area (Å²) >= 11 is 0. The molecule has 37 heavy (non-hydrogen) atoms. The Morgan fingerprint density at radius 3 is 2.41 bits per heavy atom. The van der Waals surface area contributed by atoms with Crippen LogP contribution in [0.25, 0.3) is 10.8 Å². The first-order valence-electron chi connectivity index (χ1n) is 12.6. The Morgan fingerprint density at radius 2 is 1.68 bits per heavy atom. The van der Waals surface area contributed by atoms with E-state index in [0.29, 0.717) is 24.1 Å². The van der Waals surface area contributed by atoms with Crippen molar-refractivity contribution in [3.05, 3.63) is 77.4 Å². The molecule has 1 aliphatic rings. The third-order valence-corrected chi connectivity index (χ3v) is 6.80. The molecule has 3 aromatic rings. The molecule has 0 spiro atoms. The van der Waals surface area contributed by atoms with Gasteiger partial charge in [-0.05, 0) is 48.2 Å². The number of fused-ring (bicyclic) bond motifs is 2. The Labute approximate surface area is 216 Å². The van der Waals surface area contributed by atoms with E-state index in [1.54, 1.807) is 26.0 Å². The lowest BCUT2D eigenvalue weighted by atomic mass is 10.0. The second-order valence-electron chi connectivity index (χ2n) is 9.55. The fraction of sp³-hybridized carbons (Fsp3) is 0.345. The molecule has 8 nitrogen and oxygen atoms in total. The van der Waals surface area contributed by atoms with Crippen LogP contribution in [0.2, 0.25) is 0 Å². The second kappa shape index (κ2) is 11.1. The minimum Gasteiger partial charge on any atom is -0.368 e. The summed E-state index contributed by atoms with van der Waals surface area (Å²) in [6.07, 6.45) is -0.578. The molecule has 0 aromatic heterocycles. The number of nitrogens with one attached hydrogen (secondary N) is 2. The highest BCUT2D eigenvalue weighted by Gasteiger charge is 2.41. The number of aliphatic hydroxyl groups excluding tert-OH is 1. The number of hydrogen-bond acceptors (Lipinski definition) is 5. The predicted octanol–water partition coefficient (Wildman–Crippen LogP) is 2.68. The van der Waals surface area contributed by atoms with Crippen molar-refractivity contribution in [2.24, 2.45) is 0 Å². The number of amides is 3. The fourth-order valence-corrected chi connectivity index (χ4v) is 5.02. The Morgan fingerprint density at radius 1 is 0.973 bits per heavy atom. The van der Waals surface area contributed by atoms with Gasteiger partial charge in [-0.1, -0.05) is 61.5 Å². The lowest BCUT2D eigenvalue weighted by Gasteiger charge is -2.30. The molecule has 0 radical (unpaired) electrons. The zero-order chi connectivity index (χ0) is 26.7. The third kappa shape index (κ3) is 5.50. The standard InChI is InChI=1S/C29H33N3O5/c1-4-19-10-7-12-21-16-24(28(36)30-17(2)15-25(33)34)32(26(19)21)29(37)18(3)31-27(35)23-14-8-11-20-9-5-6-13-22(20)23/h5-14,17-18,24-25,33-34H,4,15-16H2,1-3H3,(H,30,36)(H,31,35)/t17-,18?,24?/m1/s1. The van der Waals surface area contributed by atoms with Crippen LogP contribution in [0.3, 0.4) is 0 Å². The van der Waals surface area contributed by atoms with Crippen LogP contribution >= 0.6 is 0 Å². The quantitative estimate of drug-likeness (QED) is 0.353. The second-order valence-corrected chi connectivity index (χ2v) is 9.55. The summed E-state index contributed by atoms with van der Waals surface area (Å²) in [5, 5.41) is 25.9. The number of anilines is 1. The Hall–Kier alpha value is -3.75. The van der Waals surface area contributed by atoms with Crippen LogP contribution in [0.1, 0.15) is 48.7 Å². The number of carbonyl (C=O) groups excluding carboxylic acids is 3. The van der Waals surface area contributed by atoms with E-state index < -0.39 is 24.4 Å². The van der Waals surface area contributed by atoms with Gasteiger partial charge >= 0.3 is 0 Å². The fourth-order valence-electron chi connectivity index (χ4n) is 5.02. The highest BCUT2D eigenvalue weighted by Crippen LogP contribution is 2.36. The highest BCUT2D eigenvalue weighted by molar-refractivity contribution is 6.11. The summed E-state index contributed by atoms with van der Waals surface area (Å²) in [5.74, 6) is -1.14. The summed E-state index contributed by atoms with van der Waals surface area (Å²) in [4.78, 5) is 41.8.